The highest BCUT2D eigenvalue weighted by Crippen LogP contribution is 2.50. The molecule has 0 radical (unpaired) electrons. The zero-order chi connectivity index (χ0) is 52.3. The van der Waals surface area contributed by atoms with Gasteiger partial charge >= 0.3 is 12.1 Å². The fraction of sp³-hybridized carbons (Fsp3) is 0.517. The molecule has 8 rings (SSSR count). The summed E-state index contributed by atoms with van der Waals surface area (Å²) in [6.45, 7) is 15.7. The van der Waals surface area contributed by atoms with Crippen molar-refractivity contribution in [2.45, 2.75) is 135 Å². The largest absolute Gasteiger partial charge is 0.469 e. The predicted molar refractivity (Wildman–Crippen MR) is 283 cm³/mol. The Labute approximate surface area is 431 Å². The number of aromatic amines is 1. The molecule has 3 amide bonds. The lowest BCUT2D eigenvalue weighted by Gasteiger charge is -2.34. The average Bonchev–Trinajstić information content (AvgIpc) is 4.26. The smallest absolute Gasteiger partial charge is 0.407 e. The molecule has 4 aromatic rings. The zero-order valence-electron chi connectivity index (χ0n) is 44.5. The number of hydrogen-bond acceptors (Lipinski definition) is 11. The normalized spacial score (nSPS) is 22.9. The summed E-state index contributed by atoms with van der Waals surface area (Å²) in [6, 6.07) is 24.5. The van der Waals surface area contributed by atoms with E-state index in [1.165, 1.54) is 19.8 Å². The molecule has 4 aliphatic heterocycles. The maximum absolute atomic E-state index is 13.9. The van der Waals surface area contributed by atoms with Gasteiger partial charge in [0.1, 0.15) is 24.1 Å². The molecule has 15 heteroatoms. The van der Waals surface area contributed by atoms with Gasteiger partial charge in [-0.15, -0.1) is 0 Å². The van der Waals surface area contributed by atoms with Crippen LogP contribution >= 0.6 is 0 Å². The van der Waals surface area contributed by atoms with Gasteiger partial charge in [-0.3, -0.25) is 19.4 Å². The summed E-state index contributed by atoms with van der Waals surface area (Å²) in [4.78, 5) is 71.9. The first-order valence-corrected chi connectivity index (χ1v) is 26.0. The van der Waals surface area contributed by atoms with Crippen LogP contribution in [0.25, 0.3) is 17.0 Å². The van der Waals surface area contributed by atoms with Gasteiger partial charge in [-0.25, -0.2) is 9.78 Å². The molecule has 4 aliphatic rings. The van der Waals surface area contributed by atoms with E-state index in [2.05, 4.69) is 115 Å². The Bertz CT molecular complexity index is 2650. The van der Waals surface area contributed by atoms with Crippen LogP contribution in [0.15, 0.2) is 90.1 Å². The molecule has 3 aromatic carbocycles. The van der Waals surface area contributed by atoms with E-state index in [1.807, 2.05) is 43.7 Å². The molecule has 0 saturated carbocycles. The van der Waals surface area contributed by atoms with Crippen molar-refractivity contribution in [2.75, 3.05) is 46.4 Å². The van der Waals surface area contributed by atoms with E-state index >= 15 is 0 Å². The number of carbonyl (C=O) groups is 4. The first kappa shape index (κ1) is 53.0. The van der Waals surface area contributed by atoms with Crippen molar-refractivity contribution in [3.63, 3.8) is 0 Å². The van der Waals surface area contributed by atoms with Gasteiger partial charge < -0.3 is 43.9 Å². The fourth-order valence-electron chi connectivity index (χ4n) is 11.4. The molecule has 3 fully saturated rings. The van der Waals surface area contributed by atoms with Crippen molar-refractivity contribution >= 4 is 41.0 Å². The molecule has 73 heavy (non-hydrogen) atoms. The van der Waals surface area contributed by atoms with Crippen LogP contribution in [0.1, 0.15) is 133 Å². The maximum Gasteiger partial charge on any atom is 0.407 e. The highest BCUT2D eigenvalue weighted by molar-refractivity contribution is 6.01. The van der Waals surface area contributed by atoms with Gasteiger partial charge in [-0.05, 0) is 82.9 Å². The van der Waals surface area contributed by atoms with Gasteiger partial charge in [-0.2, -0.15) is 0 Å². The molecule has 1 aromatic heterocycles. The van der Waals surface area contributed by atoms with Crippen molar-refractivity contribution < 1.29 is 38.1 Å². The number of likely N-dealkylation sites (tertiary alicyclic amines) is 2. The summed E-state index contributed by atoms with van der Waals surface area (Å²) < 4.78 is 22.7. The second-order valence-electron chi connectivity index (χ2n) is 21.7. The van der Waals surface area contributed by atoms with Gasteiger partial charge in [0.15, 0.2) is 0 Å². The number of H-pyrrole nitrogens is 1. The van der Waals surface area contributed by atoms with Crippen molar-refractivity contribution in [3.8, 4) is 11.3 Å². The van der Waals surface area contributed by atoms with E-state index in [9.17, 15) is 19.2 Å². The number of hydrogen-bond donors (Lipinski definition) is 2. The van der Waals surface area contributed by atoms with Crippen LogP contribution < -0.4 is 10.2 Å². The predicted octanol–water partition coefficient (Wildman–Crippen LogP) is 9.76. The number of benzene rings is 3. The SMILES string of the molecule is COC(=O)C[C@H](C(=O)N1CCC[C@H]1C1=NC(c2ccc([C@@H]3[C@H](OC)[C@@H](OC)[C@@H](c4ccc(-c5cnc([C@@H]6CCCN6C(=O)[C@@H](NC(=O)OC)C(C)C)[nH]5)cc4)N3c3ccc(C(C)(C)C)cc3)cc2)=CC1)C(C)C. The Morgan fingerprint density at radius 3 is 1.84 bits per heavy atom. The quantitative estimate of drug-likeness (QED) is 0.103. The van der Waals surface area contributed by atoms with Crippen molar-refractivity contribution in [2.24, 2.45) is 22.7 Å². The monoisotopic (exact) mass is 998 g/mol. The number of esters is 1. The van der Waals surface area contributed by atoms with Crippen LogP contribution in [0.5, 0.6) is 0 Å². The fourth-order valence-corrected chi connectivity index (χ4v) is 11.4. The van der Waals surface area contributed by atoms with Crippen molar-refractivity contribution in [3.05, 3.63) is 113 Å². The van der Waals surface area contributed by atoms with E-state index < -0.39 is 18.1 Å². The van der Waals surface area contributed by atoms with E-state index in [-0.39, 0.29) is 77.8 Å². The highest BCUT2D eigenvalue weighted by Gasteiger charge is 2.51. The third-order valence-electron chi connectivity index (χ3n) is 15.5. The van der Waals surface area contributed by atoms with Crippen LogP contribution in [-0.4, -0.2) is 115 Å². The Morgan fingerprint density at radius 2 is 1.30 bits per heavy atom. The lowest BCUT2D eigenvalue weighted by atomic mass is 9.87. The molecule has 0 aliphatic carbocycles. The summed E-state index contributed by atoms with van der Waals surface area (Å²) in [7, 11) is 6.17. The maximum atomic E-state index is 13.9. The number of aliphatic imine (C=N–C) groups is 1. The number of nitrogens with one attached hydrogen (secondary N) is 2. The number of alkyl carbamates (subject to hydrolysis) is 1. The highest BCUT2D eigenvalue weighted by atomic mass is 16.5. The number of anilines is 1. The van der Waals surface area contributed by atoms with Gasteiger partial charge in [-0.1, -0.05) is 115 Å². The summed E-state index contributed by atoms with van der Waals surface area (Å²) >= 11 is 0. The van der Waals surface area contributed by atoms with Crippen LogP contribution in [-0.2, 0) is 38.7 Å². The van der Waals surface area contributed by atoms with Crippen LogP contribution in [0.3, 0.4) is 0 Å². The zero-order valence-corrected chi connectivity index (χ0v) is 44.5. The van der Waals surface area contributed by atoms with Crippen molar-refractivity contribution in [1.29, 1.82) is 0 Å². The lowest BCUT2D eigenvalue weighted by Crippen LogP contribution is -2.51. The summed E-state index contributed by atoms with van der Waals surface area (Å²) in [5.41, 5.74) is 9.03. The number of methoxy groups -OCH3 is 4. The average molecular weight is 998 g/mol. The minimum atomic E-state index is -0.716. The standard InChI is InChI=1S/C58H75N7O8/c1-34(2)42(32-48(66)70-8)55(67)63-30-12-14-46(63)44-29-28-43(60-44)36-16-20-38(21-17-36)50-52(71-9)53(72-10)51(65(50)41-26-24-40(25-27-41)58(5,6)7)39-22-18-37(19-23-39)45-33-59-54(61-45)47-15-13-31-64(47)56(68)49(35(3)4)62-57(69)73-11/h16-28,33-35,42,46-47,49-53H,12-15,29-32H2,1-11H3,(H,59,61)(H,62,69)/t42-,46-,47-,49-,50+,51+,52-,53-/m0/s1. The molecule has 0 bridgehead atoms. The van der Waals surface area contributed by atoms with E-state index in [1.54, 1.807) is 14.2 Å². The lowest BCUT2D eigenvalue weighted by molar-refractivity contribution is -0.148. The minimum absolute atomic E-state index is 0.00134. The molecule has 0 unspecified atom stereocenters. The topological polar surface area (TPSA) is 168 Å². The second-order valence-corrected chi connectivity index (χ2v) is 21.7. The molecule has 0 spiro atoms. The molecule has 8 atom stereocenters. The van der Waals surface area contributed by atoms with Crippen LogP contribution in [0, 0.1) is 17.8 Å². The first-order chi connectivity index (χ1) is 35.0. The number of aromatic nitrogens is 2. The number of allylic oxidation sites excluding steroid dienone is 1. The second kappa shape index (κ2) is 22.4. The number of amides is 3. The number of imidazole rings is 1. The van der Waals surface area contributed by atoms with E-state index in [0.29, 0.717) is 25.3 Å². The third-order valence-corrected chi connectivity index (χ3v) is 15.5. The van der Waals surface area contributed by atoms with Crippen molar-refractivity contribution in [1.82, 2.24) is 25.1 Å². The Hall–Kier alpha value is -6.32. The van der Waals surface area contributed by atoms with Crippen LogP contribution in [0.4, 0.5) is 10.5 Å². The summed E-state index contributed by atoms with van der Waals surface area (Å²) in [6.07, 6.45) is 6.71. The number of rotatable bonds is 16. The Kier molecular flexibility index (Phi) is 16.3. The summed E-state index contributed by atoms with van der Waals surface area (Å²) in [5, 5.41) is 2.73. The van der Waals surface area contributed by atoms with Gasteiger partial charge in [0, 0.05) is 45.1 Å². The van der Waals surface area contributed by atoms with E-state index in [4.69, 9.17) is 28.9 Å². The number of nitrogens with zero attached hydrogens (tertiary/aromatic N) is 5. The van der Waals surface area contributed by atoms with Crippen LogP contribution in [0.2, 0.25) is 0 Å². The number of ether oxygens (including phenoxy) is 4. The molecule has 5 heterocycles. The third kappa shape index (κ3) is 11.0. The number of carbonyl (C=O) groups excluding carboxylic acids is 4. The molecular formula is C58H75N7O8. The Balaban J connectivity index is 1.06. The molecule has 3 saturated heterocycles. The summed E-state index contributed by atoms with van der Waals surface area (Å²) in [5.74, 6) is -0.387. The Morgan fingerprint density at radius 1 is 0.726 bits per heavy atom. The van der Waals surface area contributed by atoms with Gasteiger partial charge in [0.2, 0.25) is 11.8 Å². The first-order valence-electron chi connectivity index (χ1n) is 26.0. The van der Waals surface area contributed by atoms with Gasteiger partial charge in [0.25, 0.3) is 0 Å². The molecule has 390 valence electrons. The molecule has 2 N–H and O–H groups in total. The molecule has 15 nitrogen and oxygen atoms in total. The van der Waals surface area contributed by atoms with E-state index in [0.717, 1.165) is 70.7 Å². The van der Waals surface area contributed by atoms with Gasteiger partial charge in [0.05, 0.1) is 68.3 Å². The molecular weight excluding hydrogens is 923 g/mol. The minimum Gasteiger partial charge on any atom is -0.469 e.